The highest BCUT2D eigenvalue weighted by Gasteiger charge is 2.53. The number of methoxy groups -OCH3 is 1. The normalized spacial score (nSPS) is 29.4. The lowest BCUT2D eigenvalue weighted by molar-refractivity contribution is -0.745. The van der Waals surface area contributed by atoms with E-state index in [2.05, 4.69) is 33.5 Å². The smallest absolute Gasteiger partial charge is 0.490 e. The third-order valence-electron chi connectivity index (χ3n) is 12.7. The number of imidazole rings is 2. The number of hydrogen-bond acceptors (Lipinski definition) is 28. The Morgan fingerprint density at radius 3 is 2.13 bits per heavy atom. The fourth-order valence-corrected chi connectivity index (χ4v) is 13.5. The van der Waals surface area contributed by atoms with Crippen LogP contribution in [0.15, 0.2) is 45.6 Å². The molecular weight excluding hydrogens is 1150 g/mol. The number of amides is 1. The van der Waals surface area contributed by atoms with E-state index < -0.39 is 154 Å². The summed E-state index contributed by atoms with van der Waals surface area (Å²) >= 11 is 0. The van der Waals surface area contributed by atoms with Gasteiger partial charge < -0.3 is 79.3 Å². The summed E-state index contributed by atoms with van der Waals surface area (Å²) in [6.07, 6.45) is -14.6. The Balaban J connectivity index is 0.956. The van der Waals surface area contributed by atoms with Gasteiger partial charge in [0.15, 0.2) is 30.2 Å². The zero-order chi connectivity index (χ0) is 57.7. The van der Waals surface area contributed by atoms with Gasteiger partial charge in [-0.3, -0.25) is 51.7 Å². The van der Waals surface area contributed by atoms with Gasteiger partial charge in [-0.05, 0) is 13.8 Å². The van der Waals surface area contributed by atoms with E-state index in [-0.39, 0.29) is 47.2 Å². The summed E-state index contributed by atoms with van der Waals surface area (Å²) in [4.78, 5) is 117. The lowest BCUT2D eigenvalue weighted by Gasteiger charge is -2.31. The van der Waals surface area contributed by atoms with Crippen molar-refractivity contribution in [1.29, 1.82) is 0 Å². The summed E-state index contributed by atoms with van der Waals surface area (Å²) in [5.41, 5.74) is 9.13. The molecule has 5 aromatic rings. The lowest BCUT2D eigenvalue weighted by Crippen LogP contribution is -2.45. The number of nitrogens with two attached hydrogens (primary N) is 2. The average molecular weight is 1200 g/mol. The summed E-state index contributed by atoms with van der Waals surface area (Å²) in [5, 5.41) is 32.9. The molecule has 0 aromatic carbocycles. The second kappa shape index (κ2) is 23.4. The molecule has 0 saturated carbocycles. The van der Waals surface area contributed by atoms with Crippen molar-refractivity contribution in [2.45, 2.75) is 87.8 Å². The summed E-state index contributed by atoms with van der Waals surface area (Å²) in [6.45, 7) is 0.441. The van der Waals surface area contributed by atoms with Gasteiger partial charge in [0, 0.05) is 44.8 Å². The Morgan fingerprint density at radius 1 is 0.835 bits per heavy atom. The Morgan fingerprint density at radius 2 is 1.48 bits per heavy atom. The molecule has 8 rings (SSSR count). The molecule has 38 nitrogen and oxygen atoms in total. The standard InChI is InChI=1S/C37H53N13O25P4/c1-5-47(6-2)21(52)9-16-17(70-33(24(16)53)50-15-46(3)23-31(50)44-36(39)45-32(23)56)10-68-77(60,61)74-79(64,65)75-78(62,63)69-12-19-27(28(66-4)35(72-19)49-14-42-22-29(38)40-13-41-30(22)49)73-76(58,59)67-11-18-25(54)26(55)34(71-18)48-8-7-20(51)43-37(48)57/h7-8,13-19,24-28,33-35,53-55H,5-6,9-12H2,1-4H3,(H9-,38,39,40,41,43,44,45,51,56,57,58,59,60,61,62,63,64,65)/t16-,17-,18-,19-,24-,25-,26-,27-,28-,33?,34-,35-/m1/s1. The predicted molar refractivity (Wildman–Crippen MR) is 256 cm³/mol. The monoisotopic (exact) mass is 1200 g/mol. The molecule has 0 radical (unpaired) electrons. The molecule has 12 N–H and O–H groups in total. The molecule has 79 heavy (non-hydrogen) atoms. The SMILES string of the molecule is CCN(CC)C(=O)C[C@@H]1[C@@H](COP(=O)(O)OP(=O)(O)OP(=O)(O)OC[C@H]2O[C@@H](n3cnc4c(N)ncnc43)[C@H](OC)[C@@H]2OP(=O)([O-])OC[C@H]2O[C@@H](n3ccc(=O)[nH]c3=O)[C@H](O)[C@@H]2O)OC([n+]2cn(C)c3c(=O)[nH]c(N)nc32)[C@@H]1O. The summed E-state index contributed by atoms with van der Waals surface area (Å²) < 4.78 is 109. The van der Waals surface area contributed by atoms with Gasteiger partial charge in [-0.15, -0.1) is 0 Å². The minimum atomic E-state index is -6.25. The molecule has 8 heterocycles. The van der Waals surface area contributed by atoms with Crippen LogP contribution in [0.1, 0.15) is 39.0 Å². The van der Waals surface area contributed by atoms with Gasteiger partial charge >= 0.3 is 34.8 Å². The number of phosphoric ester groups is 3. The third kappa shape index (κ3) is 13.0. The predicted octanol–water partition coefficient (Wildman–Crippen LogP) is -3.99. The van der Waals surface area contributed by atoms with Crippen LogP contribution in [0.2, 0.25) is 0 Å². The van der Waals surface area contributed by atoms with Crippen LogP contribution in [0.3, 0.4) is 0 Å². The zero-order valence-corrected chi connectivity index (χ0v) is 45.0. The fourth-order valence-electron chi connectivity index (χ4n) is 9.03. The number of nitrogens with one attached hydrogen (secondary N) is 2. The molecule has 0 aliphatic carbocycles. The molecule has 3 aliphatic heterocycles. The van der Waals surface area contributed by atoms with Gasteiger partial charge in [-0.1, -0.05) is 4.98 Å². The molecular formula is C37H53N13O25P4. The van der Waals surface area contributed by atoms with E-state index in [1.54, 1.807) is 13.8 Å². The number of carbonyl (C=O) groups excluding carboxylic acids is 1. The number of anilines is 2. The number of aryl methyl sites for hydroxylation is 1. The van der Waals surface area contributed by atoms with Crippen molar-refractivity contribution in [3.05, 3.63) is 62.4 Å². The highest BCUT2D eigenvalue weighted by Crippen LogP contribution is 2.68. The number of carbonyl (C=O) groups is 1. The second-order valence-electron chi connectivity index (χ2n) is 17.6. The van der Waals surface area contributed by atoms with Crippen molar-refractivity contribution < 1.29 is 108 Å². The number of aliphatic hydroxyl groups excluding tert-OH is 3. The summed E-state index contributed by atoms with van der Waals surface area (Å²) in [7, 11) is -21.3. The van der Waals surface area contributed by atoms with Gasteiger partial charge in [-0.25, -0.2) is 38.0 Å². The van der Waals surface area contributed by atoms with Gasteiger partial charge in [0.25, 0.3) is 24.9 Å². The van der Waals surface area contributed by atoms with E-state index >= 15 is 0 Å². The van der Waals surface area contributed by atoms with Crippen LogP contribution in [0.4, 0.5) is 11.8 Å². The van der Waals surface area contributed by atoms with E-state index in [0.717, 1.165) is 32.0 Å². The lowest BCUT2D eigenvalue weighted by atomic mass is 9.93. The number of aliphatic hydroxyl groups is 3. The molecule has 0 spiro atoms. The maximum atomic E-state index is 13.5. The molecule has 3 fully saturated rings. The maximum Gasteiger partial charge on any atom is 0.490 e. The number of fused-ring (bicyclic) bond motifs is 2. The van der Waals surface area contributed by atoms with Crippen molar-refractivity contribution in [3.8, 4) is 0 Å². The fraction of sp³-hybridized carbons (Fsp3) is 0.595. The number of nitrogens with zero attached hydrogens (tertiary/aromatic N) is 9. The van der Waals surface area contributed by atoms with Crippen molar-refractivity contribution in [2.24, 2.45) is 13.0 Å². The van der Waals surface area contributed by atoms with Gasteiger partial charge in [-0.2, -0.15) is 8.62 Å². The Hall–Kier alpha value is -5.11. The van der Waals surface area contributed by atoms with Crippen LogP contribution in [0, 0.1) is 5.92 Å². The Kier molecular flexibility index (Phi) is 17.8. The van der Waals surface area contributed by atoms with E-state index in [1.807, 2.05) is 4.98 Å². The van der Waals surface area contributed by atoms with E-state index in [0.29, 0.717) is 4.57 Å². The largest absolute Gasteiger partial charge is 0.756 e. The number of nitrogen functional groups attached to an aromatic ring is 2. The molecule has 5 aromatic heterocycles. The molecule has 3 saturated heterocycles. The first-order chi connectivity index (χ1) is 37.1. The minimum Gasteiger partial charge on any atom is -0.756 e. The molecule has 1 amide bonds. The van der Waals surface area contributed by atoms with Gasteiger partial charge in [0.1, 0.15) is 54.6 Å². The van der Waals surface area contributed by atoms with Crippen molar-refractivity contribution in [1.82, 2.24) is 48.5 Å². The Labute approximate surface area is 441 Å². The molecule has 3 aliphatic rings. The zero-order valence-electron chi connectivity index (χ0n) is 41.5. The maximum absolute atomic E-state index is 13.5. The number of ether oxygens (including phenoxy) is 4. The quantitative estimate of drug-likeness (QED) is 0.0220. The summed E-state index contributed by atoms with van der Waals surface area (Å²) in [6, 6.07) is 0.912. The molecule has 42 heteroatoms. The van der Waals surface area contributed by atoms with Crippen molar-refractivity contribution >= 4 is 71.3 Å². The minimum absolute atomic E-state index is 0.00843. The molecule has 16 atom stereocenters. The van der Waals surface area contributed by atoms with Crippen LogP contribution in [-0.4, -0.2) is 173 Å². The number of H-pyrrole nitrogens is 2. The highest BCUT2D eigenvalue weighted by molar-refractivity contribution is 7.66. The van der Waals surface area contributed by atoms with Crippen LogP contribution in [0.5, 0.6) is 0 Å². The first-order valence-corrected chi connectivity index (χ1v) is 29.2. The molecule has 0 bridgehead atoms. The number of aromatic nitrogens is 10. The first-order valence-electron chi connectivity index (χ1n) is 23.2. The van der Waals surface area contributed by atoms with E-state index in [9.17, 15) is 72.3 Å². The Bertz CT molecular complexity index is 3450. The van der Waals surface area contributed by atoms with E-state index in [1.165, 1.54) is 32.0 Å². The first kappa shape index (κ1) is 60.0. The van der Waals surface area contributed by atoms with Crippen molar-refractivity contribution in [3.63, 3.8) is 0 Å². The third-order valence-corrected chi connectivity index (χ3v) is 17.9. The van der Waals surface area contributed by atoms with Crippen LogP contribution in [-0.2, 0) is 75.8 Å². The van der Waals surface area contributed by atoms with Gasteiger partial charge in [0.05, 0.1) is 39.3 Å². The topological polar surface area (TPSA) is 530 Å². The average Bonchev–Trinajstić information content (AvgIpc) is 4.17. The number of aromatic amines is 2. The second-order valence-corrected chi connectivity index (χ2v) is 23.6. The number of phosphoric acid groups is 4. The molecule has 5 unspecified atom stereocenters. The van der Waals surface area contributed by atoms with Crippen molar-refractivity contribution in [2.75, 3.05) is 51.5 Å². The van der Waals surface area contributed by atoms with Crippen LogP contribution < -0.4 is 37.7 Å². The van der Waals surface area contributed by atoms with Crippen LogP contribution >= 0.6 is 31.3 Å². The molecule has 436 valence electrons. The number of rotatable bonds is 23. The van der Waals surface area contributed by atoms with Gasteiger partial charge in [0.2, 0.25) is 17.7 Å². The number of hydrogen-bond donors (Lipinski definition) is 10. The van der Waals surface area contributed by atoms with Crippen LogP contribution in [0.25, 0.3) is 22.3 Å². The highest BCUT2D eigenvalue weighted by atomic mass is 31.3. The summed E-state index contributed by atoms with van der Waals surface area (Å²) in [5.74, 6) is -2.14. The van der Waals surface area contributed by atoms with E-state index in [4.69, 9.17) is 48.5 Å².